The van der Waals surface area contributed by atoms with Crippen LogP contribution in [-0.4, -0.2) is 23.1 Å². The van der Waals surface area contributed by atoms with Gasteiger partial charge in [0.2, 0.25) is 0 Å². The molecule has 1 aliphatic rings. The summed E-state index contributed by atoms with van der Waals surface area (Å²) in [7, 11) is 2.17. The Morgan fingerprint density at radius 2 is 1.95 bits per heavy atom. The number of fused-ring (bicyclic) bond motifs is 1. The van der Waals surface area contributed by atoms with Gasteiger partial charge in [0.1, 0.15) is 4.99 Å². The lowest BCUT2D eigenvalue weighted by Crippen LogP contribution is -2.35. The molecule has 0 saturated heterocycles. The molecule has 0 aliphatic heterocycles. The smallest absolute Gasteiger partial charge is 0.107 e. The van der Waals surface area contributed by atoms with E-state index in [1.165, 1.54) is 32.1 Å². The number of pyridine rings is 1. The number of aromatic nitrogens is 1. The Morgan fingerprint density at radius 3 is 2.67 bits per heavy atom. The van der Waals surface area contributed by atoms with Crippen LogP contribution in [0.25, 0.3) is 10.9 Å². The van der Waals surface area contributed by atoms with Gasteiger partial charge in [-0.1, -0.05) is 49.7 Å². The zero-order chi connectivity index (χ0) is 14.8. The van der Waals surface area contributed by atoms with E-state index in [-0.39, 0.29) is 0 Å². The van der Waals surface area contributed by atoms with Gasteiger partial charge in [0.25, 0.3) is 0 Å². The van der Waals surface area contributed by atoms with Crippen molar-refractivity contribution < 1.29 is 0 Å². The Morgan fingerprint density at radius 1 is 1.24 bits per heavy atom. The van der Waals surface area contributed by atoms with Crippen molar-refractivity contribution in [3.63, 3.8) is 0 Å². The van der Waals surface area contributed by atoms with Gasteiger partial charge in [0, 0.05) is 24.7 Å². The first-order chi connectivity index (χ1) is 10.2. The minimum absolute atomic E-state index is 0.422. The number of thiocarbonyl (C=S) groups is 1. The van der Waals surface area contributed by atoms with Crippen LogP contribution < -0.4 is 10.6 Å². The van der Waals surface area contributed by atoms with E-state index < -0.39 is 0 Å². The molecule has 1 aromatic heterocycles. The van der Waals surface area contributed by atoms with Gasteiger partial charge >= 0.3 is 0 Å². The number of benzene rings is 1. The molecule has 0 amide bonds. The highest BCUT2D eigenvalue weighted by molar-refractivity contribution is 7.80. The van der Waals surface area contributed by atoms with E-state index in [2.05, 4.69) is 23.0 Å². The second kappa shape index (κ2) is 5.98. The van der Waals surface area contributed by atoms with Gasteiger partial charge in [0.05, 0.1) is 16.8 Å². The summed E-state index contributed by atoms with van der Waals surface area (Å²) in [6, 6.07) is 8.78. The molecular formula is C17H21N3S. The van der Waals surface area contributed by atoms with Gasteiger partial charge < -0.3 is 10.6 Å². The minimum Gasteiger partial charge on any atom is -0.389 e. The first-order valence-corrected chi connectivity index (χ1v) is 7.99. The lowest BCUT2D eigenvalue weighted by Gasteiger charge is -2.34. The molecule has 1 saturated carbocycles. The van der Waals surface area contributed by atoms with Crippen molar-refractivity contribution in [3.8, 4) is 0 Å². The molecule has 1 aliphatic carbocycles. The fraction of sp³-hybridized carbons (Fsp3) is 0.412. The van der Waals surface area contributed by atoms with Crippen molar-refractivity contribution in [2.75, 3.05) is 11.9 Å². The number of rotatable bonds is 3. The minimum atomic E-state index is 0.422. The van der Waals surface area contributed by atoms with Crippen LogP contribution in [0, 0.1) is 0 Å². The average molecular weight is 299 g/mol. The summed E-state index contributed by atoms with van der Waals surface area (Å²) in [5, 5.41) is 1.14. The zero-order valence-corrected chi connectivity index (χ0v) is 13.2. The Balaban J connectivity index is 2.13. The number of anilines is 1. The number of nitrogens with zero attached hydrogens (tertiary/aromatic N) is 2. The number of hydrogen-bond acceptors (Lipinski definition) is 3. The molecule has 0 bridgehead atoms. The number of hydrogen-bond donors (Lipinski definition) is 1. The van der Waals surface area contributed by atoms with E-state index in [9.17, 15) is 0 Å². The first kappa shape index (κ1) is 14.3. The van der Waals surface area contributed by atoms with Crippen LogP contribution in [0.1, 0.15) is 37.7 Å². The molecule has 1 aromatic carbocycles. The molecule has 4 heteroatoms. The van der Waals surface area contributed by atoms with Crippen molar-refractivity contribution >= 4 is 33.8 Å². The maximum Gasteiger partial charge on any atom is 0.107 e. The van der Waals surface area contributed by atoms with Crippen LogP contribution in [0.5, 0.6) is 0 Å². The maximum absolute atomic E-state index is 5.94. The molecular weight excluding hydrogens is 278 g/mol. The third-order valence-corrected chi connectivity index (χ3v) is 4.71. The van der Waals surface area contributed by atoms with E-state index in [1.807, 2.05) is 24.4 Å². The van der Waals surface area contributed by atoms with Crippen molar-refractivity contribution in [2.24, 2.45) is 5.73 Å². The summed E-state index contributed by atoms with van der Waals surface area (Å²) >= 11 is 5.24. The molecule has 0 atom stereocenters. The van der Waals surface area contributed by atoms with Crippen LogP contribution in [0.15, 0.2) is 30.5 Å². The summed E-state index contributed by atoms with van der Waals surface area (Å²) < 4.78 is 0. The monoisotopic (exact) mass is 299 g/mol. The quantitative estimate of drug-likeness (QED) is 0.879. The van der Waals surface area contributed by atoms with Crippen molar-refractivity contribution in [3.05, 3.63) is 36.0 Å². The summed E-state index contributed by atoms with van der Waals surface area (Å²) in [5.74, 6) is 0. The Hall–Kier alpha value is -1.68. The summed E-state index contributed by atoms with van der Waals surface area (Å²) in [4.78, 5) is 7.29. The Kier molecular flexibility index (Phi) is 4.06. The highest BCUT2D eigenvalue weighted by atomic mass is 32.1. The van der Waals surface area contributed by atoms with Crippen LogP contribution in [0.2, 0.25) is 0 Å². The van der Waals surface area contributed by atoms with Gasteiger partial charge in [-0.3, -0.25) is 4.98 Å². The van der Waals surface area contributed by atoms with Crippen molar-refractivity contribution in [1.82, 2.24) is 4.98 Å². The lowest BCUT2D eigenvalue weighted by molar-refractivity contribution is 0.428. The van der Waals surface area contributed by atoms with Crippen LogP contribution in [-0.2, 0) is 0 Å². The molecule has 2 N–H and O–H groups in total. The van der Waals surface area contributed by atoms with Gasteiger partial charge in [-0.05, 0) is 18.9 Å². The van der Waals surface area contributed by atoms with E-state index in [0.29, 0.717) is 11.0 Å². The van der Waals surface area contributed by atoms with E-state index >= 15 is 0 Å². The maximum atomic E-state index is 5.94. The van der Waals surface area contributed by atoms with Crippen LogP contribution in [0.3, 0.4) is 0 Å². The Labute approximate surface area is 131 Å². The van der Waals surface area contributed by atoms with Gasteiger partial charge in [-0.2, -0.15) is 0 Å². The molecule has 21 heavy (non-hydrogen) atoms. The predicted molar refractivity (Wildman–Crippen MR) is 92.9 cm³/mol. The Bertz CT molecular complexity index is 662. The predicted octanol–water partition coefficient (Wildman–Crippen LogP) is 3.64. The molecule has 1 heterocycles. The highest BCUT2D eigenvalue weighted by Crippen LogP contribution is 2.33. The molecule has 0 radical (unpaired) electrons. The van der Waals surface area contributed by atoms with Crippen molar-refractivity contribution in [1.29, 1.82) is 0 Å². The lowest BCUT2D eigenvalue weighted by atomic mass is 9.93. The molecule has 2 aromatic rings. The summed E-state index contributed by atoms with van der Waals surface area (Å²) in [6.07, 6.45) is 8.26. The normalized spacial score (nSPS) is 16.0. The summed E-state index contributed by atoms with van der Waals surface area (Å²) in [5.41, 5.74) is 8.96. The van der Waals surface area contributed by atoms with E-state index in [1.54, 1.807) is 0 Å². The highest BCUT2D eigenvalue weighted by Gasteiger charge is 2.23. The fourth-order valence-corrected chi connectivity index (χ4v) is 3.49. The van der Waals surface area contributed by atoms with E-state index in [0.717, 1.165) is 22.2 Å². The first-order valence-electron chi connectivity index (χ1n) is 7.59. The van der Waals surface area contributed by atoms with Gasteiger partial charge in [0.15, 0.2) is 0 Å². The number of para-hydroxylation sites is 1. The SMILES string of the molecule is CN(c1c(C(N)=S)cnc2ccccc12)C1CCCCC1. The molecule has 3 nitrogen and oxygen atoms in total. The molecule has 3 rings (SSSR count). The van der Waals surface area contributed by atoms with Gasteiger partial charge in [-0.25, -0.2) is 0 Å². The third-order valence-electron chi connectivity index (χ3n) is 4.49. The zero-order valence-electron chi connectivity index (χ0n) is 12.4. The molecule has 1 fully saturated rings. The van der Waals surface area contributed by atoms with E-state index in [4.69, 9.17) is 18.0 Å². The topological polar surface area (TPSA) is 42.1 Å². The number of nitrogens with two attached hydrogens (primary N) is 1. The standard InChI is InChI=1S/C17H21N3S/c1-20(12-7-3-2-4-8-12)16-13-9-5-6-10-15(13)19-11-14(16)17(18)21/h5-6,9-12H,2-4,7-8H2,1H3,(H2,18,21). The fourth-order valence-electron chi connectivity index (χ4n) is 3.34. The second-order valence-corrected chi connectivity index (χ2v) is 6.24. The second-order valence-electron chi connectivity index (χ2n) is 5.80. The third kappa shape index (κ3) is 2.72. The van der Waals surface area contributed by atoms with Crippen LogP contribution >= 0.6 is 12.2 Å². The van der Waals surface area contributed by atoms with Crippen molar-refractivity contribution in [2.45, 2.75) is 38.1 Å². The summed E-state index contributed by atoms with van der Waals surface area (Å²) in [6.45, 7) is 0. The molecule has 0 unspecified atom stereocenters. The van der Waals surface area contributed by atoms with Crippen LogP contribution in [0.4, 0.5) is 5.69 Å². The largest absolute Gasteiger partial charge is 0.389 e. The molecule has 110 valence electrons. The van der Waals surface area contributed by atoms with Gasteiger partial charge in [-0.15, -0.1) is 0 Å². The average Bonchev–Trinajstić information content (AvgIpc) is 2.53. The molecule has 0 spiro atoms.